The van der Waals surface area contributed by atoms with Crippen molar-refractivity contribution in [3.63, 3.8) is 0 Å². The smallest absolute Gasteiger partial charge is 0.207 e. The lowest BCUT2D eigenvalue weighted by molar-refractivity contribution is -0.110. The maximum Gasteiger partial charge on any atom is 0.207 e. The van der Waals surface area contributed by atoms with Gasteiger partial charge in [0.2, 0.25) is 6.41 Å². The van der Waals surface area contributed by atoms with Crippen LogP contribution in [0.1, 0.15) is 44.4 Å². The first-order chi connectivity index (χ1) is 11.0. The van der Waals surface area contributed by atoms with E-state index in [-0.39, 0.29) is 0 Å². The third-order valence-corrected chi connectivity index (χ3v) is 3.31. The van der Waals surface area contributed by atoms with Gasteiger partial charge >= 0.3 is 0 Å². The number of nitrogens with zero attached hydrogens (tertiary/aromatic N) is 2. The van der Waals surface area contributed by atoms with Crippen LogP contribution in [0.25, 0.3) is 5.57 Å². The first kappa shape index (κ1) is 21.1. The summed E-state index contributed by atoms with van der Waals surface area (Å²) in [5.74, 6) is 0. The fraction of sp³-hybridized carbons (Fsp3) is 0.471. The Morgan fingerprint density at radius 1 is 1.48 bits per heavy atom. The maximum atomic E-state index is 9.94. The van der Waals surface area contributed by atoms with Gasteiger partial charge in [0.05, 0.1) is 5.69 Å². The number of nitrogens with two attached hydrogens (primary N) is 1. The Morgan fingerprint density at radius 2 is 2.17 bits per heavy atom. The van der Waals surface area contributed by atoms with Gasteiger partial charge < -0.3 is 11.1 Å². The Hall–Kier alpha value is -1.88. The van der Waals surface area contributed by atoms with E-state index in [1.54, 1.807) is 19.3 Å². The number of aryl methyl sites for hydroxylation is 1. The van der Waals surface area contributed by atoms with Crippen molar-refractivity contribution in [1.29, 1.82) is 0 Å². The largest absolute Gasteiger partial charge is 0.404 e. The summed E-state index contributed by atoms with van der Waals surface area (Å²) in [6, 6.07) is 4.10. The number of carbonyl (C=O) groups is 1. The summed E-state index contributed by atoms with van der Waals surface area (Å²) >= 11 is 5.83. The van der Waals surface area contributed by atoms with Gasteiger partial charge in [-0.05, 0) is 37.5 Å². The second-order valence-corrected chi connectivity index (χ2v) is 5.43. The molecule has 0 aliphatic carbocycles. The number of amides is 1. The molecule has 0 aliphatic heterocycles. The van der Waals surface area contributed by atoms with E-state index in [9.17, 15) is 4.79 Å². The molecule has 1 unspecified atom stereocenters. The molecule has 0 radical (unpaired) electrons. The van der Waals surface area contributed by atoms with Crippen LogP contribution >= 0.6 is 11.6 Å². The summed E-state index contributed by atoms with van der Waals surface area (Å²) in [6.45, 7) is 6.15. The van der Waals surface area contributed by atoms with E-state index in [0.717, 1.165) is 42.5 Å². The zero-order valence-electron chi connectivity index (χ0n) is 14.3. The van der Waals surface area contributed by atoms with Crippen molar-refractivity contribution in [2.45, 2.75) is 46.1 Å². The Bertz CT molecular complexity index is 509. The molecule has 5 nitrogen and oxygen atoms in total. The van der Waals surface area contributed by atoms with Crippen LogP contribution in [0.3, 0.4) is 0 Å². The van der Waals surface area contributed by atoms with Gasteiger partial charge in [0.15, 0.2) is 0 Å². The minimum atomic E-state index is 0.396. The third-order valence-electron chi connectivity index (χ3n) is 3.12. The fourth-order valence-corrected chi connectivity index (χ4v) is 2.22. The minimum absolute atomic E-state index is 0.396. The van der Waals surface area contributed by atoms with Crippen molar-refractivity contribution in [3.05, 3.63) is 34.7 Å². The molecular weight excluding hydrogens is 312 g/mol. The van der Waals surface area contributed by atoms with Gasteiger partial charge in [-0.1, -0.05) is 31.9 Å². The van der Waals surface area contributed by atoms with Crippen molar-refractivity contribution >= 4 is 29.8 Å². The highest BCUT2D eigenvalue weighted by Gasteiger charge is 2.02. The summed E-state index contributed by atoms with van der Waals surface area (Å²) in [4.78, 5) is 18.0. The minimum Gasteiger partial charge on any atom is -0.404 e. The highest BCUT2D eigenvalue weighted by atomic mass is 35.5. The molecule has 1 amide bonds. The van der Waals surface area contributed by atoms with Crippen molar-refractivity contribution in [2.24, 2.45) is 10.7 Å². The van der Waals surface area contributed by atoms with Crippen LogP contribution in [-0.4, -0.2) is 30.7 Å². The predicted octanol–water partition coefficient (Wildman–Crippen LogP) is 3.35. The number of nitrogens with one attached hydrogen (secondary N) is 1. The van der Waals surface area contributed by atoms with Gasteiger partial charge in [-0.3, -0.25) is 9.79 Å². The molecule has 0 saturated carbocycles. The third kappa shape index (κ3) is 8.98. The van der Waals surface area contributed by atoms with E-state index < -0.39 is 0 Å². The molecule has 1 aromatic rings. The number of rotatable bonds is 7. The number of hydrogen-bond donors (Lipinski definition) is 2. The summed E-state index contributed by atoms with van der Waals surface area (Å²) in [5.41, 5.74) is 8.00. The normalized spacial score (nSPS) is 12.5. The first-order valence-corrected chi connectivity index (χ1v) is 8.08. The van der Waals surface area contributed by atoms with Gasteiger partial charge in [0.25, 0.3) is 0 Å². The molecule has 0 spiro atoms. The fourth-order valence-electron chi connectivity index (χ4n) is 1.96. The van der Waals surface area contributed by atoms with E-state index >= 15 is 0 Å². The van der Waals surface area contributed by atoms with Gasteiger partial charge in [0, 0.05) is 31.1 Å². The van der Waals surface area contributed by atoms with Crippen LogP contribution < -0.4 is 11.1 Å². The Labute approximate surface area is 144 Å². The molecule has 0 fully saturated rings. The molecule has 1 rings (SSSR count). The molecule has 0 aliphatic rings. The second-order valence-electron chi connectivity index (χ2n) is 5.04. The standard InChI is InChI=1S/C10H12ClN3.C7H15NO/c1-7-3-9(14-10(11)4-7)8(5-12)6-13-2;1-3-5-7(4-2)8-6-9/h3-6H,12H2,1-2H3;6-7H,3-5H2,1-2H3,(H,8,9)/b8-5+,13-6?;. The molecular formula is C17H27ClN4O. The summed E-state index contributed by atoms with van der Waals surface area (Å²) in [6.07, 6.45) is 7.16. The molecule has 23 heavy (non-hydrogen) atoms. The molecule has 6 heteroatoms. The summed E-state index contributed by atoms with van der Waals surface area (Å²) < 4.78 is 0. The molecule has 0 aromatic carbocycles. The van der Waals surface area contributed by atoms with Crippen LogP contribution in [0.2, 0.25) is 5.15 Å². The quantitative estimate of drug-likeness (QED) is 0.454. The Morgan fingerprint density at radius 3 is 2.61 bits per heavy atom. The SMILES string of the molecule is CCCC(CC)NC=O.CN=C/C(=C\N)c1cc(C)cc(Cl)n1. The number of halogens is 1. The highest BCUT2D eigenvalue weighted by Crippen LogP contribution is 2.15. The lowest BCUT2D eigenvalue weighted by Gasteiger charge is -2.10. The number of aliphatic imine (C=N–C) groups is 1. The van der Waals surface area contributed by atoms with Crippen molar-refractivity contribution in [1.82, 2.24) is 10.3 Å². The molecule has 0 bridgehead atoms. The van der Waals surface area contributed by atoms with Crippen LogP contribution in [0, 0.1) is 6.92 Å². The number of pyridine rings is 1. The van der Waals surface area contributed by atoms with Gasteiger partial charge in [0.1, 0.15) is 5.15 Å². The van der Waals surface area contributed by atoms with Crippen LogP contribution in [0.4, 0.5) is 0 Å². The van der Waals surface area contributed by atoms with Crippen molar-refractivity contribution in [2.75, 3.05) is 7.05 Å². The molecule has 1 atom stereocenters. The second kappa shape index (κ2) is 12.6. The van der Waals surface area contributed by atoms with Crippen LogP contribution in [0.15, 0.2) is 23.3 Å². The van der Waals surface area contributed by atoms with Gasteiger partial charge in [-0.15, -0.1) is 0 Å². The summed E-state index contributed by atoms with van der Waals surface area (Å²) in [5, 5.41) is 3.21. The Balaban J connectivity index is 0.000000468. The Kier molecular flexibility index (Phi) is 11.6. The average Bonchev–Trinajstić information content (AvgIpc) is 2.52. The van der Waals surface area contributed by atoms with E-state index in [2.05, 4.69) is 29.1 Å². The molecule has 3 N–H and O–H groups in total. The van der Waals surface area contributed by atoms with E-state index in [1.165, 1.54) is 6.20 Å². The number of allylic oxidation sites excluding steroid dienone is 1. The van der Waals surface area contributed by atoms with Crippen molar-refractivity contribution in [3.8, 4) is 0 Å². The molecule has 128 valence electrons. The van der Waals surface area contributed by atoms with E-state index in [0.29, 0.717) is 11.2 Å². The van der Waals surface area contributed by atoms with Gasteiger partial charge in [-0.2, -0.15) is 0 Å². The monoisotopic (exact) mass is 338 g/mol. The van der Waals surface area contributed by atoms with Crippen LogP contribution in [0.5, 0.6) is 0 Å². The lowest BCUT2D eigenvalue weighted by Crippen LogP contribution is -2.26. The zero-order chi connectivity index (χ0) is 17.7. The van der Waals surface area contributed by atoms with Crippen molar-refractivity contribution < 1.29 is 4.79 Å². The topological polar surface area (TPSA) is 80.4 Å². The number of hydrogen-bond acceptors (Lipinski definition) is 4. The molecule has 1 aromatic heterocycles. The van der Waals surface area contributed by atoms with Gasteiger partial charge in [-0.25, -0.2) is 4.98 Å². The zero-order valence-corrected chi connectivity index (χ0v) is 15.1. The highest BCUT2D eigenvalue weighted by molar-refractivity contribution is 6.29. The molecule has 0 saturated heterocycles. The van der Waals surface area contributed by atoms with E-state index in [1.807, 2.05) is 13.0 Å². The first-order valence-electron chi connectivity index (χ1n) is 7.70. The summed E-state index contributed by atoms with van der Waals surface area (Å²) in [7, 11) is 1.68. The van der Waals surface area contributed by atoms with E-state index in [4.69, 9.17) is 17.3 Å². The predicted molar refractivity (Wildman–Crippen MR) is 98.8 cm³/mol. The maximum absolute atomic E-state index is 9.94. The molecule has 1 heterocycles. The number of carbonyl (C=O) groups excluding carboxylic acids is 1. The lowest BCUT2D eigenvalue weighted by atomic mass is 10.1. The number of aromatic nitrogens is 1. The van der Waals surface area contributed by atoms with Crippen LogP contribution in [-0.2, 0) is 4.79 Å². The average molecular weight is 339 g/mol.